The van der Waals surface area contributed by atoms with Crippen LogP contribution in [-0.2, 0) is 4.74 Å². The van der Waals surface area contributed by atoms with Gasteiger partial charge in [0.2, 0.25) is 5.88 Å². The summed E-state index contributed by atoms with van der Waals surface area (Å²) in [5.74, 6) is -1.14. The number of para-hydroxylation sites is 1. The molecule has 1 saturated heterocycles. The minimum Gasteiger partial charge on any atom is -0.489 e. The fraction of sp³-hybridized carbons (Fsp3) is 0.480. The molecule has 196 valence electrons. The topological polar surface area (TPSA) is 110 Å². The second-order valence-electron chi connectivity index (χ2n) is 9.71. The molecule has 2 N–H and O–H groups in total. The summed E-state index contributed by atoms with van der Waals surface area (Å²) in [5, 5.41) is 12.9. The number of nitrogens with one attached hydrogen (secondary N) is 1. The molecular formula is C25H31Cl2N3O6. The first-order valence-electron chi connectivity index (χ1n) is 11.6. The van der Waals surface area contributed by atoms with Crippen LogP contribution in [0.2, 0.25) is 10.2 Å². The summed E-state index contributed by atoms with van der Waals surface area (Å²) >= 11 is 12.6. The number of halogens is 2. The molecule has 11 heteroatoms. The van der Waals surface area contributed by atoms with Crippen molar-refractivity contribution in [3.63, 3.8) is 0 Å². The lowest BCUT2D eigenvalue weighted by molar-refractivity contribution is 0.0178. The maximum atomic E-state index is 12.5. The molecule has 2 heterocycles. The van der Waals surface area contributed by atoms with Gasteiger partial charge < -0.3 is 29.5 Å². The van der Waals surface area contributed by atoms with Crippen molar-refractivity contribution in [2.45, 2.75) is 52.2 Å². The number of ether oxygens (including phenoxy) is 3. The van der Waals surface area contributed by atoms with Crippen LogP contribution in [0.1, 0.15) is 56.5 Å². The number of nitrogens with zero attached hydrogens (tertiary/aromatic N) is 2. The van der Waals surface area contributed by atoms with Gasteiger partial charge in [-0.05, 0) is 38.3 Å². The fourth-order valence-corrected chi connectivity index (χ4v) is 4.01. The first-order chi connectivity index (χ1) is 16.9. The van der Waals surface area contributed by atoms with E-state index in [-0.39, 0.29) is 45.9 Å². The number of benzene rings is 1. The fourth-order valence-electron chi connectivity index (χ4n) is 3.66. The van der Waals surface area contributed by atoms with Crippen LogP contribution < -0.4 is 14.8 Å². The summed E-state index contributed by atoms with van der Waals surface area (Å²) in [6.45, 7) is 10.7. The van der Waals surface area contributed by atoms with E-state index >= 15 is 0 Å². The summed E-state index contributed by atoms with van der Waals surface area (Å²) in [7, 11) is 0. The van der Waals surface area contributed by atoms with Crippen molar-refractivity contribution in [2.24, 2.45) is 0 Å². The molecule has 1 amide bonds. The minimum atomic E-state index is -1.33. The van der Waals surface area contributed by atoms with Crippen LogP contribution in [0.4, 0.5) is 4.79 Å². The SMILES string of the molecule is CC(C)c1ccccc1Oc1nc(Cl)c(Cl)c(OC[C@H]2CN(C(=O)OC(C)(C)C)CCN2)c1C(=O)O. The number of carboxylic acid groups (broad SMARTS) is 1. The molecule has 36 heavy (non-hydrogen) atoms. The van der Waals surface area contributed by atoms with E-state index in [2.05, 4.69) is 10.3 Å². The number of carbonyl (C=O) groups excluding carboxylic acids is 1. The number of carboxylic acids is 1. The Morgan fingerprint density at radius 3 is 2.58 bits per heavy atom. The van der Waals surface area contributed by atoms with E-state index in [0.717, 1.165) is 5.56 Å². The van der Waals surface area contributed by atoms with Gasteiger partial charge in [0.25, 0.3) is 0 Å². The van der Waals surface area contributed by atoms with Gasteiger partial charge in [0.1, 0.15) is 23.0 Å². The molecule has 0 aliphatic carbocycles. The molecular weight excluding hydrogens is 509 g/mol. The van der Waals surface area contributed by atoms with E-state index in [1.165, 1.54) is 0 Å². The smallest absolute Gasteiger partial charge is 0.410 e. The van der Waals surface area contributed by atoms with Crippen LogP contribution in [-0.4, -0.2) is 64.9 Å². The van der Waals surface area contributed by atoms with E-state index in [1.54, 1.807) is 37.8 Å². The zero-order chi connectivity index (χ0) is 26.6. The third-order valence-corrected chi connectivity index (χ3v) is 6.04. The van der Waals surface area contributed by atoms with E-state index in [1.807, 2.05) is 26.0 Å². The molecule has 0 spiro atoms. The van der Waals surface area contributed by atoms with Gasteiger partial charge in [-0.3, -0.25) is 0 Å². The largest absolute Gasteiger partial charge is 0.489 e. The Hall–Kier alpha value is -2.75. The van der Waals surface area contributed by atoms with Crippen LogP contribution in [0.25, 0.3) is 0 Å². The zero-order valence-electron chi connectivity index (χ0n) is 20.9. The molecule has 1 aromatic heterocycles. The first-order valence-corrected chi connectivity index (χ1v) is 12.4. The maximum absolute atomic E-state index is 12.5. The zero-order valence-corrected chi connectivity index (χ0v) is 22.4. The lowest BCUT2D eigenvalue weighted by Gasteiger charge is -2.34. The lowest BCUT2D eigenvalue weighted by atomic mass is 10.0. The molecule has 0 saturated carbocycles. The number of hydrogen-bond acceptors (Lipinski definition) is 7. The van der Waals surface area contributed by atoms with Gasteiger partial charge in [0.05, 0.1) is 6.04 Å². The molecule has 1 aliphatic heterocycles. The molecule has 1 aromatic carbocycles. The summed E-state index contributed by atoms with van der Waals surface area (Å²) in [6.07, 6.45) is -0.426. The number of piperazine rings is 1. The predicted octanol–water partition coefficient (Wildman–Crippen LogP) is 5.59. The molecule has 0 unspecified atom stereocenters. The van der Waals surface area contributed by atoms with E-state index in [0.29, 0.717) is 25.4 Å². The molecule has 1 aliphatic rings. The molecule has 2 aromatic rings. The lowest BCUT2D eigenvalue weighted by Crippen LogP contribution is -2.55. The number of pyridine rings is 1. The minimum absolute atomic E-state index is 0.0155. The third kappa shape index (κ3) is 6.93. The quantitative estimate of drug-likeness (QED) is 0.438. The van der Waals surface area contributed by atoms with Crippen LogP contribution in [0.5, 0.6) is 17.4 Å². The van der Waals surface area contributed by atoms with Gasteiger partial charge in [-0.25, -0.2) is 9.59 Å². The van der Waals surface area contributed by atoms with Crippen LogP contribution in [0.15, 0.2) is 24.3 Å². The molecule has 0 radical (unpaired) electrons. The average molecular weight is 540 g/mol. The number of aromatic nitrogens is 1. The van der Waals surface area contributed by atoms with Crippen LogP contribution >= 0.6 is 23.2 Å². The van der Waals surface area contributed by atoms with Crippen molar-refractivity contribution in [1.29, 1.82) is 0 Å². The van der Waals surface area contributed by atoms with Crippen molar-refractivity contribution < 1.29 is 28.9 Å². The number of rotatable bonds is 7. The van der Waals surface area contributed by atoms with E-state index in [4.69, 9.17) is 37.4 Å². The summed E-state index contributed by atoms with van der Waals surface area (Å²) in [6, 6.07) is 6.96. The van der Waals surface area contributed by atoms with Crippen molar-refractivity contribution in [2.75, 3.05) is 26.2 Å². The summed E-state index contributed by atoms with van der Waals surface area (Å²) < 4.78 is 17.3. The highest BCUT2D eigenvalue weighted by Crippen LogP contribution is 2.41. The van der Waals surface area contributed by atoms with Crippen molar-refractivity contribution in [3.8, 4) is 17.4 Å². The number of carbonyl (C=O) groups is 2. The highest BCUT2D eigenvalue weighted by molar-refractivity contribution is 6.42. The highest BCUT2D eigenvalue weighted by Gasteiger charge is 2.30. The Kier molecular flexibility index (Phi) is 8.92. The second-order valence-corrected chi connectivity index (χ2v) is 10.5. The Bertz CT molecular complexity index is 1120. The first kappa shape index (κ1) is 27.8. The molecule has 1 fully saturated rings. The van der Waals surface area contributed by atoms with Gasteiger partial charge in [-0.15, -0.1) is 0 Å². The Morgan fingerprint density at radius 2 is 1.94 bits per heavy atom. The molecule has 9 nitrogen and oxygen atoms in total. The highest BCUT2D eigenvalue weighted by atomic mass is 35.5. The van der Waals surface area contributed by atoms with Crippen molar-refractivity contribution in [3.05, 3.63) is 45.6 Å². The Balaban J connectivity index is 1.84. The normalized spacial score (nSPS) is 16.1. The van der Waals surface area contributed by atoms with Gasteiger partial charge in [-0.1, -0.05) is 55.2 Å². The third-order valence-electron chi connectivity index (χ3n) is 5.32. The number of hydrogen-bond donors (Lipinski definition) is 2. The van der Waals surface area contributed by atoms with E-state index in [9.17, 15) is 14.7 Å². The van der Waals surface area contributed by atoms with E-state index < -0.39 is 17.7 Å². The van der Waals surface area contributed by atoms with Gasteiger partial charge in [0.15, 0.2) is 16.5 Å². The number of aromatic carboxylic acids is 1. The summed E-state index contributed by atoms with van der Waals surface area (Å²) in [4.78, 5) is 30.4. The van der Waals surface area contributed by atoms with Crippen LogP contribution in [0, 0.1) is 0 Å². The standard InChI is InChI=1S/C25H31Cl2N3O6/c1-14(2)16-8-6-7-9-17(16)35-22-18(23(31)32)20(19(26)21(27)29-22)34-13-15-12-30(11-10-28-15)24(33)36-25(3,4)5/h6-9,14-15,28H,10-13H2,1-5H3,(H,31,32)/t15-/m1/s1. The molecule has 1 atom stereocenters. The predicted molar refractivity (Wildman–Crippen MR) is 137 cm³/mol. The summed E-state index contributed by atoms with van der Waals surface area (Å²) in [5.41, 5.74) is -0.0865. The van der Waals surface area contributed by atoms with Crippen molar-refractivity contribution in [1.82, 2.24) is 15.2 Å². The maximum Gasteiger partial charge on any atom is 0.410 e. The van der Waals surface area contributed by atoms with Gasteiger partial charge in [0, 0.05) is 19.6 Å². The second kappa shape index (κ2) is 11.5. The monoisotopic (exact) mass is 539 g/mol. The number of amides is 1. The average Bonchev–Trinajstić information content (AvgIpc) is 2.79. The van der Waals surface area contributed by atoms with Gasteiger partial charge in [-0.2, -0.15) is 4.98 Å². The Morgan fingerprint density at radius 1 is 1.25 bits per heavy atom. The van der Waals surface area contributed by atoms with Gasteiger partial charge >= 0.3 is 12.1 Å². The molecule has 0 bridgehead atoms. The molecule has 3 rings (SSSR count). The van der Waals surface area contributed by atoms with Crippen LogP contribution in [0.3, 0.4) is 0 Å². The van der Waals surface area contributed by atoms with Crippen molar-refractivity contribution >= 4 is 35.3 Å². The Labute approximate surface area is 220 Å².